The maximum Gasteiger partial charge on any atom is 0.251 e. The first-order chi connectivity index (χ1) is 12.6. The second-order valence-corrected chi connectivity index (χ2v) is 8.25. The lowest BCUT2D eigenvalue weighted by molar-refractivity contribution is 0.0923. The van der Waals surface area contributed by atoms with E-state index in [2.05, 4.69) is 10.2 Å². The van der Waals surface area contributed by atoms with Gasteiger partial charge in [-0.1, -0.05) is 23.9 Å². The number of benzene rings is 2. The zero-order valence-electron chi connectivity index (χ0n) is 14.8. The highest BCUT2D eigenvalue weighted by Gasteiger charge is 2.38. The summed E-state index contributed by atoms with van der Waals surface area (Å²) < 4.78 is 0. The van der Waals surface area contributed by atoms with Gasteiger partial charge in [0.05, 0.1) is 0 Å². The van der Waals surface area contributed by atoms with E-state index in [-0.39, 0.29) is 11.7 Å². The second kappa shape index (κ2) is 7.25. The highest BCUT2D eigenvalue weighted by atomic mass is 32.2. The van der Waals surface area contributed by atoms with Crippen molar-refractivity contribution >= 4 is 23.5 Å². The molecule has 1 N–H and O–H groups in total. The maximum absolute atomic E-state index is 12.5. The Bertz CT molecular complexity index is 834. The Balaban J connectivity index is 1.39. The fourth-order valence-corrected chi connectivity index (χ4v) is 4.67. The van der Waals surface area contributed by atoms with Crippen LogP contribution in [-0.4, -0.2) is 42.3 Å². The van der Waals surface area contributed by atoms with Gasteiger partial charge in [-0.05, 0) is 62.2 Å². The van der Waals surface area contributed by atoms with Crippen LogP contribution in [0.1, 0.15) is 34.1 Å². The van der Waals surface area contributed by atoms with Crippen LogP contribution >= 0.6 is 11.8 Å². The lowest BCUT2D eigenvalue weighted by Gasteiger charge is -2.23. The number of carbonyl (C=O) groups excluding carboxylic acids is 2. The van der Waals surface area contributed by atoms with Crippen LogP contribution in [0.15, 0.2) is 58.3 Å². The fourth-order valence-electron chi connectivity index (χ4n) is 3.79. The fraction of sp³-hybridized carbons (Fsp3) is 0.333. The van der Waals surface area contributed by atoms with Crippen molar-refractivity contribution in [1.29, 1.82) is 0 Å². The quantitative estimate of drug-likeness (QED) is 0.823. The molecule has 0 aliphatic carbocycles. The predicted octanol–water partition coefficient (Wildman–Crippen LogP) is 3.47. The number of nitrogens with one attached hydrogen (secondary N) is 1. The van der Waals surface area contributed by atoms with Crippen molar-refractivity contribution in [3.63, 3.8) is 0 Å². The molecule has 4 rings (SSSR count). The van der Waals surface area contributed by atoms with E-state index >= 15 is 0 Å². The number of ketones is 1. The molecule has 2 saturated heterocycles. The summed E-state index contributed by atoms with van der Waals surface area (Å²) in [4.78, 5) is 28.5. The van der Waals surface area contributed by atoms with Crippen molar-refractivity contribution in [1.82, 2.24) is 10.2 Å². The lowest BCUT2D eigenvalue weighted by atomic mass is 9.99. The standard InChI is InChI=1S/C21H22N2O2S/c1-14(24)16-3-2-4-19(11-16)26-18-7-5-15(6-8-18)21(25)22-20-13-23-10-9-17(20)12-23/h2-8,11,17,20H,9-10,12-13H2,1H3,(H,22,25). The molecule has 3 unspecified atom stereocenters. The molecule has 2 aromatic rings. The van der Waals surface area contributed by atoms with Crippen molar-refractivity contribution in [2.45, 2.75) is 29.2 Å². The summed E-state index contributed by atoms with van der Waals surface area (Å²) in [5.74, 6) is 0.692. The minimum atomic E-state index is 0.0128. The van der Waals surface area contributed by atoms with Crippen molar-refractivity contribution in [2.75, 3.05) is 19.6 Å². The summed E-state index contributed by atoms with van der Waals surface area (Å²) >= 11 is 1.59. The van der Waals surface area contributed by atoms with Gasteiger partial charge in [-0.2, -0.15) is 0 Å². The number of hydrogen-bond acceptors (Lipinski definition) is 4. The van der Waals surface area contributed by atoms with Crippen LogP contribution in [-0.2, 0) is 0 Å². The summed E-state index contributed by atoms with van der Waals surface area (Å²) in [6.07, 6.45) is 1.19. The number of Topliss-reactive ketones (excluding diaryl/α,β-unsaturated/α-hetero) is 1. The molecular formula is C21H22N2O2S. The Kier molecular flexibility index (Phi) is 4.83. The second-order valence-electron chi connectivity index (χ2n) is 7.10. The molecular weight excluding hydrogens is 344 g/mol. The molecule has 2 heterocycles. The van der Waals surface area contributed by atoms with E-state index in [0.29, 0.717) is 23.1 Å². The van der Waals surface area contributed by atoms with E-state index in [1.807, 2.05) is 48.5 Å². The van der Waals surface area contributed by atoms with E-state index in [4.69, 9.17) is 0 Å². The molecule has 4 nitrogen and oxygen atoms in total. The molecule has 134 valence electrons. The zero-order valence-corrected chi connectivity index (χ0v) is 15.6. The molecule has 0 aromatic heterocycles. The number of rotatable bonds is 5. The Morgan fingerprint density at radius 1 is 1.04 bits per heavy atom. The average Bonchev–Trinajstić information content (AvgIpc) is 3.25. The van der Waals surface area contributed by atoms with Gasteiger partial charge in [-0.25, -0.2) is 0 Å². The minimum absolute atomic E-state index is 0.0128. The van der Waals surface area contributed by atoms with Gasteiger partial charge >= 0.3 is 0 Å². The molecule has 26 heavy (non-hydrogen) atoms. The van der Waals surface area contributed by atoms with Gasteiger partial charge in [0.15, 0.2) is 5.78 Å². The molecule has 2 bridgehead atoms. The normalized spacial score (nSPS) is 23.8. The van der Waals surface area contributed by atoms with E-state index in [1.54, 1.807) is 18.7 Å². The van der Waals surface area contributed by atoms with Gasteiger partial charge in [0.25, 0.3) is 5.91 Å². The summed E-state index contributed by atoms with van der Waals surface area (Å²) in [5, 5.41) is 3.19. The Labute approximate surface area is 158 Å². The molecule has 0 spiro atoms. The number of piperidine rings is 1. The van der Waals surface area contributed by atoms with Gasteiger partial charge in [0, 0.05) is 40.0 Å². The van der Waals surface area contributed by atoms with Gasteiger partial charge in [0.1, 0.15) is 0 Å². The predicted molar refractivity (Wildman–Crippen MR) is 103 cm³/mol. The summed E-state index contributed by atoms with van der Waals surface area (Å²) in [5.41, 5.74) is 1.41. The third kappa shape index (κ3) is 3.69. The number of fused-ring (bicyclic) bond motifs is 2. The first-order valence-corrected chi connectivity index (χ1v) is 9.82. The van der Waals surface area contributed by atoms with Crippen molar-refractivity contribution in [2.24, 2.45) is 5.92 Å². The third-order valence-corrected chi connectivity index (χ3v) is 6.24. The van der Waals surface area contributed by atoms with Crippen molar-refractivity contribution in [3.05, 3.63) is 59.7 Å². The highest BCUT2D eigenvalue weighted by Crippen LogP contribution is 2.29. The molecule has 2 aliphatic rings. The number of amides is 1. The van der Waals surface area contributed by atoms with Crippen LogP contribution in [0.25, 0.3) is 0 Å². The number of nitrogens with zero attached hydrogens (tertiary/aromatic N) is 1. The van der Waals surface area contributed by atoms with E-state index in [1.165, 1.54) is 13.0 Å². The number of carbonyl (C=O) groups is 2. The van der Waals surface area contributed by atoms with Crippen LogP contribution in [0.4, 0.5) is 0 Å². The molecule has 2 fully saturated rings. The smallest absolute Gasteiger partial charge is 0.251 e. The van der Waals surface area contributed by atoms with E-state index < -0.39 is 0 Å². The van der Waals surface area contributed by atoms with Gasteiger partial charge in [0.2, 0.25) is 0 Å². The van der Waals surface area contributed by atoms with Crippen LogP contribution in [0.3, 0.4) is 0 Å². The number of hydrogen-bond donors (Lipinski definition) is 1. The Hall–Kier alpha value is -2.11. The molecule has 1 amide bonds. The largest absolute Gasteiger partial charge is 0.348 e. The zero-order chi connectivity index (χ0) is 18.1. The van der Waals surface area contributed by atoms with E-state index in [0.717, 1.165) is 22.9 Å². The SMILES string of the molecule is CC(=O)c1cccc(Sc2ccc(C(=O)NC3CN4CCC3C4)cc2)c1. The van der Waals surface area contributed by atoms with Crippen molar-refractivity contribution < 1.29 is 9.59 Å². The summed E-state index contributed by atoms with van der Waals surface area (Å²) in [7, 11) is 0. The summed E-state index contributed by atoms with van der Waals surface area (Å²) in [6, 6.07) is 15.6. The molecule has 5 heteroatoms. The monoisotopic (exact) mass is 366 g/mol. The maximum atomic E-state index is 12.5. The average molecular weight is 366 g/mol. The Morgan fingerprint density at radius 2 is 1.85 bits per heavy atom. The molecule has 2 aromatic carbocycles. The molecule has 2 aliphatic heterocycles. The lowest BCUT2D eigenvalue weighted by Crippen LogP contribution is -2.43. The van der Waals surface area contributed by atoms with Crippen LogP contribution in [0.5, 0.6) is 0 Å². The summed E-state index contributed by atoms with van der Waals surface area (Å²) in [6.45, 7) is 4.86. The first-order valence-electron chi connectivity index (χ1n) is 9.00. The van der Waals surface area contributed by atoms with Crippen LogP contribution < -0.4 is 5.32 Å². The molecule has 3 atom stereocenters. The topological polar surface area (TPSA) is 49.4 Å². The minimum Gasteiger partial charge on any atom is -0.348 e. The van der Waals surface area contributed by atoms with Gasteiger partial charge in [-0.3, -0.25) is 9.59 Å². The first kappa shape index (κ1) is 17.3. The van der Waals surface area contributed by atoms with Gasteiger partial charge in [-0.15, -0.1) is 0 Å². The molecule has 0 radical (unpaired) electrons. The Morgan fingerprint density at radius 3 is 2.50 bits per heavy atom. The van der Waals surface area contributed by atoms with Gasteiger partial charge < -0.3 is 10.2 Å². The van der Waals surface area contributed by atoms with Crippen LogP contribution in [0.2, 0.25) is 0 Å². The van der Waals surface area contributed by atoms with Crippen LogP contribution in [0, 0.1) is 5.92 Å². The third-order valence-electron chi connectivity index (χ3n) is 5.24. The molecule has 0 saturated carbocycles. The van der Waals surface area contributed by atoms with Crippen molar-refractivity contribution in [3.8, 4) is 0 Å². The van der Waals surface area contributed by atoms with E-state index in [9.17, 15) is 9.59 Å². The highest BCUT2D eigenvalue weighted by molar-refractivity contribution is 7.99.